The molecular formula is C85H116Cl3I2K2N23O4S2Si3. The normalized spacial score (nSPS) is 11.5. The predicted octanol–water partition coefficient (Wildman–Crippen LogP) is 11.7. The number of fused-ring (bicyclic) bond motifs is 6. The third kappa shape index (κ3) is 50.0. The standard InChI is InChI=1S/C15H18N6.C12H17NSi.C10H8N4S.C9H10N4.C9H9N.C7H8IN.C7H9N.C5H12N2.C5H10Si.C3H9N3Si.CCl2S.CH2O3.CH4O.ClI.2K.H/c1-11-3-4-13-12(9-11)14-10-16-18-21(14)15(17-13)20-7-5-19(2)6-8-20;1-10-5-6-12(13)11(9-10)7-8-14(2,3)4;1-6-2-3-8-7(4-6)9-5-11-13-14(9)10(15)12-8;1-6-2-3-8(10)7(4-6)9-5-11-13-12-9;1-3-8-6-7(2)4-5-9(8)10;1-5-2-3-7(9)6(8)4-5;1-6-2-4-7(8)5-3-6;1-7-4-2-6-3-5-7;1-5-6(2,3)4;1-7(2,3)6-5-4;2-1(3)4;2-1-4-3;2*1-2;;;/h3-4,9-10H,5-8H2,1-2H3;5-6,9H,13H2,1-4H3;2-5,13H,1H3;2-5H,10H2,1H3,(H,11,12,13);1,4-6H,10H2,2H3;2-4H,9H2,1H3;2-5H,8H2,1H3;6H,2-5H2,1H3;1H,2-4H3;1-3H3;;1,3H;2H,1H3;;;;/q;;;;;;;;;;;;;;2*+1;-1/p-1. The van der Waals surface area contributed by atoms with E-state index in [-0.39, 0.29) is 114 Å². The average Bonchev–Trinajstić information content (AvgIpc) is 1.68. The summed E-state index contributed by atoms with van der Waals surface area (Å²) in [5.41, 5.74) is 61.8. The molecule has 14 N–H and O–H groups in total. The second-order valence-corrected chi connectivity index (χ2v) is 47.6. The number of anilines is 6. The zero-order valence-corrected chi connectivity index (χ0v) is 92.3. The molecule has 0 spiro atoms. The van der Waals surface area contributed by atoms with Crippen LogP contribution in [0.4, 0.5) is 34.4 Å². The molecule has 0 saturated carbocycles. The van der Waals surface area contributed by atoms with Gasteiger partial charge in [-0.3, -0.25) is 4.79 Å². The van der Waals surface area contributed by atoms with Crippen molar-refractivity contribution < 1.29 is 124 Å². The van der Waals surface area contributed by atoms with Crippen LogP contribution in [0.15, 0.2) is 157 Å². The van der Waals surface area contributed by atoms with E-state index in [9.17, 15) is 0 Å². The van der Waals surface area contributed by atoms with Crippen LogP contribution < -0.4 is 147 Å². The first kappa shape index (κ1) is 120. The zero-order chi connectivity index (χ0) is 92.5. The molecule has 27 nitrogen and oxygen atoms in total. The Morgan fingerprint density at radius 3 is 1.50 bits per heavy atom. The number of likely N-dealkylation sites (N-methyl/N-ethyl adjacent to an activating group) is 2. The van der Waals surface area contributed by atoms with E-state index in [1.165, 1.54) is 40.9 Å². The van der Waals surface area contributed by atoms with Crippen LogP contribution in [-0.2, 0) is 9.68 Å². The molecule has 2 aliphatic heterocycles. The number of aliphatic hydroxyl groups excluding tert-OH is 1. The van der Waals surface area contributed by atoms with Gasteiger partial charge in [-0.25, -0.2) is 19.7 Å². The summed E-state index contributed by atoms with van der Waals surface area (Å²) in [4.78, 5) is 30.1. The summed E-state index contributed by atoms with van der Waals surface area (Å²) in [6.07, 6.45) is 15.6. The Kier molecular flexibility index (Phi) is 62.5. The Morgan fingerprint density at radius 1 is 0.637 bits per heavy atom. The number of aromatic amines is 2. The maximum atomic E-state index is 8.64. The van der Waals surface area contributed by atoms with Crippen LogP contribution >= 0.6 is 101 Å². The van der Waals surface area contributed by atoms with Crippen molar-refractivity contribution in [1.82, 2.24) is 70.2 Å². The molecule has 0 atom stereocenters. The summed E-state index contributed by atoms with van der Waals surface area (Å²) in [5.74, 6) is 6.59. The van der Waals surface area contributed by atoms with Crippen LogP contribution in [0, 0.1) is 92.6 Å². The van der Waals surface area contributed by atoms with Crippen molar-refractivity contribution in [1.29, 1.82) is 0 Å². The molecule has 7 heterocycles. The van der Waals surface area contributed by atoms with E-state index in [0.717, 1.165) is 145 Å². The molecule has 0 amide bonds. The minimum atomic E-state index is -1.45. The Labute approximate surface area is 872 Å². The fourth-order valence-corrected chi connectivity index (χ4v) is 11.4. The van der Waals surface area contributed by atoms with Crippen LogP contribution in [0.2, 0.25) is 58.9 Å². The maximum Gasteiger partial charge on any atom is 1.00 e. The van der Waals surface area contributed by atoms with Crippen molar-refractivity contribution in [3.05, 3.63) is 221 Å². The molecule has 7 aromatic carbocycles. The number of azide groups is 1. The Bertz CT molecular complexity index is 5430. The van der Waals surface area contributed by atoms with Crippen LogP contribution in [-0.4, -0.2) is 178 Å². The number of thiocarbonyl (C=S) groups is 1. The smallest absolute Gasteiger partial charge is 1.00 e. The van der Waals surface area contributed by atoms with Crippen molar-refractivity contribution in [2.75, 3.05) is 107 Å². The van der Waals surface area contributed by atoms with Crippen LogP contribution in [0.1, 0.15) is 51.5 Å². The van der Waals surface area contributed by atoms with E-state index < -0.39 is 24.4 Å². The Morgan fingerprint density at radius 2 is 1.08 bits per heavy atom. The van der Waals surface area contributed by atoms with Crippen molar-refractivity contribution in [2.45, 2.75) is 107 Å². The quantitative estimate of drug-likeness (QED) is 0.00642. The summed E-state index contributed by atoms with van der Waals surface area (Å²) in [7, 11) is 6.07. The average molecular weight is 2110 g/mol. The van der Waals surface area contributed by atoms with Crippen molar-refractivity contribution in [3.63, 3.8) is 0 Å². The summed E-state index contributed by atoms with van der Waals surface area (Å²) >= 11 is 22.6. The number of hydrogen-bond acceptors (Lipinski definition) is 23. The number of terminal acetylenes is 2. The van der Waals surface area contributed by atoms with Crippen molar-refractivity contribution in [3.8, 4) is 47.0 Å². The fraction of sp³-hybridized carbons (Fsp3) is 0.318. The monoisotopic (exact) mass is 2110 g/mol. The van der Waals surface area contributed by atoms with E-state index in [0.29, 0.717) is 10.5 Å². The number of nitrogens with one attached hydrogen (secondary N) is 3. The van der Waals surface area contributed by atoms with Gasteiger partial charge in [0.05, 0.1) is 40.7 Å². The summed E-state index contributed by atoms with van der Waals surface area (Å²) < 4.78 is 8.73. The number of rotatable bonds is 4. The summed E-state index contributed by atoms with van der Waals surface area (Å²) in [6.45, 7) is 42.0. The largest absolute Gasteiger partial charge is 1.00 e. The molecular weight excluding hydrogens is 1990 g/mol. The number of aryl methyl sites for hydroxylation is 7. The van der Waals surface area contributed by atoms with Gasteiger partial charge in [0, 0.05) is 140 Å². The number of nitrogens with two attached hydrogens (primary N) is 5. The molecule has 39 heteroatoms. The third-order valence-electron chi connectivity index (χ3n) is 16.0. The molecule has 2 fully saturated rings. The topological polar surface area (TPSA) is 401 Å². The molecule has 12 aromatic rings. The first-order chi connectivity index (χ1) is 57.5. The van der Waals surface area contributed by atoms with Crippen molar-refractivity contribution >= 4 is 202 Å². The van der Waals surface area contributed by atoms with Gasteiger partial charge >= 0.3 is 103 Å². The number of H-pyrrole nitrogens is 2. The molecule has 0 radical (unpaired) electrons. The first-order valence-corrected chi connectivity index (χ1v) is 53.6. The van der Waals surface area contributed by atoms with E-state index in [2.05, 4.69) is 254 Å². The van der Waals surface area contributed by atoms with Gasteiger partial charge in [0.25, 0.3) is 6.47 Å². The SMILES string of the molecule is C#C[Si](C)(C)C.C#Cc1cc(C)ccc1N.CN1CCNCC1.CO.C[Si](C)(C)N=[N+]=[N-].Cc1ccc(N)c(-c2cn[nH]n2)c1.Cc1ccc(N)c(C#C[Si](C)(C)C)c1.Cc1ccc(N)c(I)c1.Cc1ccc(N)cc1.Cc1ccc2nc(=S)n3[nH]ncc3c2c1.Cc1ccc2nc(N3CCN(C)CC3)n3nncc3c2c1.ClI.O=CO[O-].S=C(Cl)Cl.[H-].[K+].[K+]. The minimum absolute atomic E-state index is 0. The van der Waals surface area contributed by atoms with Gasteiger partial charge in [0.1, 0.15) is 30.1 Å². The number of aliphatic hydroxyl groups is 1. The van der Waals surface area contributed by atoms with Crippen LogP contribution in [0.5, 0.6) is 0 Å². The molecule has 0 unspecified atom stereocenters. The number of hydrogen-bond donors (Lipinski definition) is 9. The van der Waals surface area contributed by atoms with Gasteiger partial charge in [0.15, 0.2) is 3.78 Å². The molecule has 656 valence electrons. The molecule has 14 rings (SSSR count). The molecule has 124 heavy (non-hydrogen) atoms. The first-order valence-electron chi connectivity index (χ1n) is 37.8. The van der Waals surface area contributed by atoms with E-state index >= 15 is 0 Å². The van der Waals surface area contributed by atoms with E-state index in [4.69, 9.17) is 103 Å². The van der Waals surface area contributed by atoms with Gasteiger partial charge in [-0.15, -0.1) is 33.8 Å². The number of aromatic nitrogens is 11. The second-order valence-electron chi connectivity index (χ2n) is 30.2. The van der Waals surface area contributed by atoms with Gasteiger partial charge in [-0.2, -0.15) is 25.0 Å². The molecule has 2 aliphatic rings. The number of halogens is 5. The number of nitrogen functional groups attached to an aromatic ring is 5. The van der Waals surface area contributed by atoms with Crippen molar-refractivity contribution in [2.24, 2.45) is 4.78 Å². The number of carbonyl (C=O) groups is 1. The summed E-state index contributed by atoms with van der Waals surface area (Å²) in [5, 5.41) is 46.3. The predicted molar refractivity (Wildman–Crippen MR) is 543 cm³/mol. The second kappa shape index (κ2) is 64.6. The van der Waals surface area contributed by atoms with Gasteiger partial charge in [-0.05, 0) is 218 Å². The molecule has 0 aliphatic carbocycles. The molecule has 2 saturated heterocycles. The third-order valence-corrected chi connectivity index (χ3v) is 19.7. The van der Waals surface area contributed by atoms with Crippen LogP contribution in [0.25, 0.3) is 54.5 Å². The molecule has 5 aromatic heterocycles. The number of carbonyl (C=O) groups excluding carboxylic acids is 1. The zero-order valence-electron chi connectivity index (χ0n) is 75.8. The number of nitrogens with zero attached hydrogens (tertiary/aromatic N) is 15. The number of benzene rings is 7. The van der Waals surface area contributed by atoms with Gasteiger partial charge in [0.2, 0.25) is 10.7 Å². The Balaban J connectivity index is -0.00000133. The number of piperazine rings is 2. The van der Waals surface area contributed by atoms with E-state index in [1.54, 1.807) is 38.4 Å². The Hall–Kier alpha value is -6.08. The van der Waals surface area contributed by atoms with E-state index in [1.807, 2.05) is 154 Å². The maximum absolute atomic E-state index is 8.64. The van der Waals surface area contributed by atoms with Gasteiger partial charge < -0.3 is 65.4 Å². The van der Waals surface area contributed by atoms with Gasteiger partial charge in [-0.1, -0.05) is 182 Å². The summed E-state index contributed by atoms with van der Waals surface area (Å²) in [6, 6.07) is 43.7. The fourth-order valence-electron chi connectivity index (χ4n) is 9.75. The molecule has 0 bridgehead atoms. The van der Waals surface area contributed by atoms with Crippen LogP contribution in [0.3, 0.4) is 0 Å². The minimum Gasteiger partial charge on any atom is -1.00 e.